The van der Waals surface area contributed by atoms with Crippen LogP contribution in [0.5, 0.6) is 5.75 Å². The Morgan fingerprint density at radius 1 is 1.19 bits per heavy atom. The van der Waals surface area contributed by atoms with Crippen LogP contribution in [0.25, 0.3) is 0 Å². The summed E-state index contributed by atoms with van der Waals surface area (Å²) >= 11 is 0. The van der Waals surface area contributed by atoms with E-state index in [4.69, 9.17) is 4.74 Å². The molecule has 0 heterocycles. The zero-order valence-corrected chi connectivity index (χ0v) is 10.8. The molecule has 0 radical (unpaired) electrons. The Labute approximate surface area is 99.0 Å². The summed E-state index contributed by atoms with van der Waals surface area (Å²) in [5, 5.41) is 3.43. The van der Waals surface area contributed by atoms with Crippen LogP contribution >= 0.6 is 0 Å². The van der Waals surface area contributed by atoms with Crippen LogP contribution < -0.4 is 10.1 Å². The van der Waals surface area contributed by atoms with Gasteiger partial charge in [-0.25, -0.2) is 0 Å². The van der Waals surface area contributed by atoms with Crippen LogP contribution in [-0.4, -0.2) is 12.6 Å². The number of rotatable bonds is 6. The van der Waals surface area contributed by atoms with Gasteiger partial charge in [0.1, 0.15) is 5.75 Å². The second kappa shape index (κ2) is 6.54. The molecule has 0 aliphatic heterocycles. The van der Waals surface area contributed by atoms with Gasteiger partial charge in [-0.05, 0) is 44.0 Å². The monoisotopic (exact) mass is 221 g/mol. The Hall–Kier alpha value is -1.02. The highest BCUT2D eigenvalue weighted by atomic mass is 16.5. The van der Waals surface area contributed by atoms with E-state index in [1.165, 1.54) is 5.56 Å². The number of benzene rings is 1. The van der Waals surface area contributed by atoms with Gasteiger partial charge in [0.2, 0.25) is 0 Å². The average molecular weight is 221 g/mol. The standard InChI is InChI=1S/C14H23NO/c1-11(2)9-15-10-13-6-5-7-14(8-13)16-12(3)4/h5-8,11-12,15H,9-10H2,1-4H3. The van der Waals surface area contributed by atoms with Crippen molar-refractivity contribution in [1.82, 2.24) is 5.32 Å². The summed E-state index contributed by atoms with van der Waals surface area (Å²) in [6, 6.07) is 8.28. The van der Waals surface area contributed by atoms with Gasteiger partial charge in [0, 0.05) is 6.54 Å². The molecule has 0 fully saturated rings. The van der Waals surface area contributed by atoms with Crippen LogP contribution in [0.1, 0.15) is 33.3 Å². The van der Waals surface area contributed by atoms with Crippen molar-refractivity contribution in [2.45, 2.75) is 40.3 Å². The summed E-state index contributed by atoms with van der Waals surface area (Å²) < 4.78 is 5.65. The number of hydrogen-bond donors (Lipinski definition) is 1. The van der Waals surface area contributed by atoms with E-state index in [0.29, 0.717) is 5.92 Å². The third kappa shape index (κ3) is 5.17. The molecule has 16 heavy (non-hydrogen) atoms. The third-order valence-corrected chi connectivity index (χ3v) is 2.15. The first-order valence-corrected chi connectivity index (χ1v) is 6.04. The lowest BCUT2D eigenvalue weighted by atomic mass is 10.2. The third-order valence-electron chi connectivity index (χ3n) is 2.15. The van der Waals surface area contributed by atoms with Gasteiger partial charge < -0.3 is 10.1 Å². The molecule has 2 nitrogen and oxygen atoms in total. The SMILES string of the molecule is CC(C)CNCc1cccc(OC(C)C)c1. The maximum absolute atomic E-state index is 5.65. The first-order valence-electron chi connectivity index (χ1n) is 6.04. The quantitative estimate of drug-likeness (QED) is 0.796. The molecule has 0 aliphatic rings. The van der Waals surface area contributed by atoms with Crippen LogP contribution in [0.2, 0.25) is 0 Å². The van der Waals surface area contributed by atoms with Crippen LogP contribution in [0.3, 0.4) is 0 Å². The van der Waals surface area contributed by atoms with Crippen molar-refractivity contribution in [3.63, 3.8) is 0 Å². The maximum Gasteiger partial charge on any atom is 0.120 e. The van der Waals surface area contributed by atoms with Gasteiger partial charge in [0.05, 0.1) is 6.10 Å². The lowest BCUT2D eigenvalue weighted by Gasteiger charge is -2.12. The van der Waals surface area contributed by atoms with Crippen molar-refractivity contribution in [3.05, 3.63) is 29.8 Å². The van der Waals surface area contributed by atoms with Crippen molar-refractivity contribution in [1.29, 1.82) is 0 Å². The first kappa shape index (κ1) is 13.0. The minimum atomic E-state index is 0.235. The van der Waals surface area contributed by atoms with Gasteiger partial charge >= 0.3 is 0 Å². The minimum absolute atomic E-state index is 0.235. The van der Waals surface area contributed by atoms with Gasteiger partial charge in [-0.1, -0.05) is 26.0 Å². The fraction of sp³-hybridized carbons (Fsp3) is 0.571. The molecule has 2 heteroatoms. The Morgan fingerprint density at radius 2 is 1.94 bits per heavy atom. The average Bonchev–Trinajstić information content (AvgIpc) is 2.16. The molecule has 0 unspecified atom stereocenters. The Bertz CT molecular complexity index is 307. The summed E-state index contributed by atoms with van der Waals surface area (Å²) in [5.74, 6) is 1.65. The van der Waals surface area contributed by atoms with E-state index in [1.54, 1.807) is 0 Å². The molecule has 1 aromatic rings. The molecular weight excluding hydrogens is 198 g/mol. The van der Waals surface area contributed by atoms with Crippen molar-refractivity contribution in [3.8, 4) is 5.75 Å². The summed E-state index contributed by atoms with van der Waals surface area (Å²) in [6.07, 6.45) is 0.235. The summed E-state index contributed by atoms with van der Waals surface area (Å²) in [5.41, 5.74) is 1.28. The van der Waals surface area contributed by atoms with Crippen LogP contribution in [0.15, 0.2) is 24.3 Å². The van der Waals surface area contributed by atoms with Gasteiger partial charge in [0.15, 0.2) is 0 Å². The highest BCUT2D eigenvalue weighted by molar-refractivity contribution is 5.28. The summed E-state index contributed by atoms with van der Waals surface area (Å²) in [6.45, 7) is 10.5. The summed E-state index contributed by atoms with van der Waals surface area (Å²) in [7, 11) is 0. The molecule has 0 spiro atoms. The molecule has 0 saturated carbocycles. The number of hydrogen-bond acceptors (Lipinski definition) is 2. The van der Waals surface area contributed by atoms with E-state index in [2.05, 4.69) is 31.3 Å². The topological polar surface area (TPSA) is 21.3 Å². The molecule has 0 saturated heterocycles. The predicted octanol–water partition coefficient (Wildman–Crippen LogP) is 3.22. The second-order valence-corrected chi connectivity index (χ2v) is 4.84. The van der Waals surface area contributed by atoms with E-state index in [1.807, 2.05) is 26.0 Å². The highest BCUT2D eigenvalue weighted by Gasteiger charge is 1.99. The fourth-order valence-electron chi connectivity index (χ4n) is 1.51. The Kier molecular flexibility index (Phi) is 5.33. The van der Waals surface area contributed by atoms with Crippen LogP contribution in [-0.2, 0) is 6.54 Å². The molecule has 1 rings (SSSR count). The number of ether oxygens (including phenoxy) is 1. The Morgan fingerprint density at radius 3 is 2.56 bits per heavy atom. The molecule has 0 aromatic heterocycles. The molecular formula is C14H23NO. The molecule has 90 valence electrons. The normalized spacial score (nSPS) is 11.1. The predicted molar refractivity (Wildman–Crippen MR) is 68.8 cm³/mol. The number of nitrogens with one attached hydrogen (secondary N) is 1. The zero-order valence-electron chi connectivity index (χ0n) is 10.8. The second-order valence-electron chi connectivity index (χ2n) is 4.84. The van der Waals surface area contributed by atoms with Crippen molar-refractivity contribution >= 4 is 0 Å². The zero-order chi connectivity index (χ0) is 12.0. The van der Waals surface area contributed by atoms with E-state index < -0.39 is 0 Å². The molecule has 0 atom stereocenters. The van der Waals surface area contributed by atoms with E-state index in [-0.39, 0.29) is 6.10 Å². The molecule has 0 aliphatic carbocycles. The van der Waals surface area contributed by atoms with Crippen molar-refractivity contribution < 1.29 is 4.74 Å². The van der Waals surface area contributed by atoms with Gasteiger partial charge in [0.25, 0.3) is 0 Å². The fourth-order valence-corrected chi connectivity index (χ4v) is 1.51. The lowest BCUT2D eigenvalue weighted by Crippen LogP contribution is -2.19. The van der Waals surface area contributed by atoms with Gasteiger partial charge in [-0.15, -0.1) is 0 Å². The van der Waals surface area contributed by atoms with Crippen LogP contribution in [0.4, 0.5) is 0 Å². The van der Waals surface area contributed by atoms with E-state index in [9.17, 15) is 0 Å². The van der Waals surface area contributed by atoms with Crippen molar-refractivity contribution in [2.24, 2.45) is 5.92 Å². The van der Waals surface area contributed by atoms with Gasteiger partial charge in [-0.2, -0.15) is 0 Å². The molecule has 1 aromatic carbocycles. The highest BCUT2D eigenvalue weighted by Crippen LogP contribution is 2.14. The first-order chi connectivity index (χ1) is 7.58. The minimum Gasteiger partial charge on any atom is -0.491 e. The summed E-state index contributed by atoms with van der Waals surface area (Å²) in [4.78, 5) is 0. The molecule has 0 amide bonds. The van der Waals surface area contributed by atoms with E-state index >= 15 is 0 Å². The van der Waals surface area contributed by atoms with Gasteiger partial charge in [-0.3, -0.25) is 0 Å². The smallest absolute Gasteiger partial charge is 0.120 e. The van der Waals surface area contributed by atoms with Crippen LogP contribution in [0, 0.1) is 5.92 Å². The van der Waals surface area contributed by atoms with Crippen molar-refractivity contribution in [2.75, 3.05) is 6.54 Å². The lowest BCUT2D eigenvalue weighted by molar-refractivity contribution is 0.242. The maximum atomic E-state index is 5.65. The molecule has 0 bridgehead atoms. The largest absolute Gasteiger partial charge is 0.491 e. The van der Waals surface area contributed by atoms with E-state index in [0.717, 1.165) is 18.8 Å². The Balaban J connectivity index is 2.47. The molecule has 1 N–H and O–H groups in total.